The van der Waals surface area contributed by atoms with Gasteiger partial charge in [0.15, 0.2) is 0 Å². The minimum absolute atomic E-state index is 0.587. The largest absolute Gasteiger partial charge is 0.309 e. The van der Waals surface area contributed by atoms with E-state index in [0.717, 1.165) is 17.1 Å². The fraction of sp³-hybridized carbons (Fsp3) is 0.111. The maximum absolute atomic E-state index is 2.58. The minimum Gasteiger partial charge on any atom is -0.309 e. The van der Waals surface area contributed by atoms with Crippen molar-refractivity contribution in [1.29, 1.82) is 0 Å². The van der Waals surface area contributed by atoms with Gasteiger partial charge in [-0.2, -0.15) is 0 Å². The molecule has 0 saturated carbocycles. The number of hydrogen-bond donors (Lipinski definition) is 0. The Morgan fingerprint density at radius 1 is 0.328 bits per heavy atom. The lowest BCUT2D eigenvalue weighted by atomic mass is 9.69. The van der Waals surface area contributed by atoms with Crippen molar-refractivity contribution in [3.05, 3.63) is 241 Å². The molecule has 2 aliphatic carbocycles. The molecule has 0 fully saturated rings. The van der Waals surface area contributed by atoms with Crippen LogP contribution < -0.4 is 9.80 Å². The molecule has 0 heterocycles. The van der Waals surface area contributed by atoms with Gasteiger partial charge in [-0.15, -0.1) is 0 Å². The zero-order valence-electron chi connectivity index (χ0n) is 39.0. The van der Waals surface area contributed by atoms with Crippen molar-refractivity contribution >= 4 is 75.7 Å². The zero-order chi connectivity index (χ0) is 45.7. The van der Waals surface area contributed by atoms with Crippen LogP contribution in [0.3, 0.4) is 0 Å². The van der Waals surface area contributed by atoms with Gasteiger partial charge in [-0.1, -0.05) is 152 Å². The van der Waals surface area contributed by atoms with E-state index in [2.05, 4.69) is 266 Å². The first-order valence-electron chi connectivity index (χ1n) is 23.1. The van der Waals surface area contributed by atoms with Crippen LogP contribution in [0.2, 0.25) is 0 Å². The van der Waals surface area contributed by atoms with Crippen molar-refractivity contribution in [1.82, 2.24) is 0 Å². The van der Waals surface area contributed by atoms with Gasteiger partial charge in [0.05, 0.1) is 22.5 Å². The standard InChI is InChI=1S/C63H54N2S2/c1-66(2,3)59-35-21-19-33-56(59)64(44-23-9-7-10-24-44)46-38-40-47-43(41-46)37-39-52-61-51-30-14-13-29-50(51)58(65(45-25-11-8-12-26-45)57-34-20-22-36-60(57)67(4,5)6)42-55(61)63(62(47)52)53-31-17-15-27-48(53)49-28-16-18-32-54(49)63/h7-42H,1-6H3. The van der Waals surface area contributed by atoms with Crippen LogP contribution in [0, 0.1) is 0 Å². The first kappa shape index (κ1) is 41.5. The summed E-state index contributed by atoms with van der Waals surface area (Å²) >= 11 is 0. The molecule has 0 saturated heterocycles. The Kier molecular flexibility index (Phi) is 9.62. The molecule has 0 aromatic heterocycles. The van der Waals surface area contributed by atoms with E-state index in [-0.39, 0.29) is 0 Å². The van der Waals surface area contributed by atoms with Crippen molar-refractivity contribution < 1.29 is 0 Å². The minimum atomic E-state index is -1.13. The van der Waals surface area contributed by atoms with Gasteiger partial charge < -0.3 is 9.80 Å². The van der Waals surface area contributed by atoms with E-state index >= 15 is 0 Å². The molecule has 2 nitrogen and oxygen atoms in total. The van der Waals surface area contributed by atoms with Crippen LogP contribution in [0.5, 0.6) is 0 Å². The van der Waals surface area contributed by atoms with E-state index in [1.54, 1.807) is 0 Å². The second kappa shape index (κ2) is 15.6. The highest BCUT2D eigenvalue weighted by Gasteiger charge is 2.53. The number of para-hydroxylation sites is 4. The number of rotatable bonds is 8. The number of hydrogen-bond acceptors (Lipinski definition) is 2. The molecule has 0 radical (unpaired) electrons. The third-order valence-corrected chi connectivity index (χ3v) is 17.4. The Hall–Kier alpha value is -6.98. The van der Waals surface area contributed by atoms with E-state index in [0.29, 0.717) is 0 Å². The highest BCUT2D eigenvalue weighted by Crippen LogP contribution is 2.66. The quantitative estimate of drug-likeness (QED) is 0.150. The third-order valence-electron chi connectivity index (χ3n) is 14.1. The molecule has 0 N–H and O–H groups in total. The summed E-state index contributed by atoms with van der Waals surface area (Å²) in [6.45, 7) is 0. The summed E-state index contributed by atoms with van der Waals surface area (Å²) in [5, 5.41) is 5.01. The van der Waals surface area contributed by atoms with Crippen molar-refractivity contribution in [2.75, 3.05) is 47.3 Å². The number of benzene rings is 10. The van der Waals surface area contributed by atoms with E-state index in [1.165, 1.54) is 92.9 Å². The predicted molar refractivity (Wildman–Crippen MR) is 294 cm³/mol. The average molecular weight is 903 g/mol. The third kappa shape index (κ3) is 6.34. The Morgan fingerprint density at radius 2 is 0.821 bits per heavy atom. The molecule has 0 atom stereocenters. The summed E-state index contributed by atoms with van der Waals surface area (Å²) in [6.07, 6.45) is 14.4. The fourth-order valence-electron chi connectivity index (χ4n) is 11.4. The van der Waals surface area contributed by atoms with Gasteiger partial charge >= 0.3 is 0 Å². The van der Waals surface area contributed by atoms with Gasteiger partial charge in [-0.05, 0) is 165 Å². The molecule has 4 heteroatoms. The number of anilines is 6. The lowest BCUT2D eigenvalue weighted by Crippen LogP contribution is -2.26. The van der Waals surface area contributed by atoms with Gasteiger partial charge in [0.25, 0.3) is 0 Å². The summed E-state index contributed by atoms with van der Waals surface area (Å²) in [5.74, 6) is 0. The average Bonchev–Trinajstić information content (AvgIpc) is 3.82. The Balaban J connectivity index is 1.19. The van der Waals surface area contributed by atoms with Crippen LogP contribution in [0.4, 0.5) is 34.1 Å². The SMILES string of the molecule is CS(C)(C)c1ccccc1N(c1ccccc1)c1ccc2c3c(ccc2c1)-c1c(cc(N(c2ccccc2)c2ccccc2S(C)(C)C)c2ccccc12)C31c2ccccc2-c2ccccc21. The van der Waals surface area contributed by atoms with Gasteiger partial charge in [-0.3, -0.25) is 0 Å². The second-order valence-electron chi connectivity index (χ2n) is 19.6. The predicted octanol–water partition coefficient (Wildman–Crippen LogP) is 17.4. The van der Waals surface area contributed by atoms with Crippen molar-refractivity contribution in [2.24, 2.45) is 0 Å². The molecule has 10 aromatic carbocycles. The van der Waals surface area contributed by atoms with Crippen LogP contribution in [0.25, 0.3) is 43.8 Å². The highest BCUT2D eigenvalue weighted by molar-refractivity contribution is 8.32. The molecule has 67 heavy (non-hydrogen) atoms. The molecular weight excluding hydrogens is 849 g/mol. The summed E-state index contributed by atoms with van der Waals surface area (Å²) in [5.41, 5.74) is 17.1. The maximum Gasteiger partial charge on any atom is 0.0732 e. The van der Waals surface area contributed by atoms with E-state index < -0.39 is 25.5 Å². The smallest absolute Gasteiger partial charge is 0.0732 e. The normalized spacial score (nSPS) is 13.8. The van der Waals surface area contributed by atoms with E-state index in [9.17, 15) is 0 Å². The lowest BCUT2D eigenvalue weighted by molar-refractivity contribution is 0.802. The van der Waals surface area contributed by atoms with Crippen LogP contribution in [-0.4, -0.2) is 37.5 Å². The molecule has 0 unspecified atom stereocenters. The summed E-state index contributed by atoms with van der Waals surface area (Å²) < 4.78 is 0. The fourth-order valence-corrected chi connectivity index (χ4v) is 14.0. The monoisotopic (exact) mass is 902 g/mol. The highest BCUT2D eigenvalue weighted by atomic mass is 32.3. The van der Waals surface area contributed by atoms with Crippen LogP contribution in [-0.2, 0) is 5.41 Å². The van der Waals surface area contributed by atoms with Crippen molar-refractivity contribution in [3.63, 3.8) is 0 Å². The van der Waals surface area contributed by atoms with Crippen LogP contribution >= 0.6 is 20.1 Å². The summed E-state index contributed by atoms with van der Waals surface area (Å²) in [4.78, 5) is 7.80. The van der Waals surface area contributed by atoms with Gasteiger partial charge in [0.2, 0.25) is 0 Å². The lowest BCUT2D eigenvalue weighted by Gasteiger charge is -2.36. The molecule has 2 aliphatic rings. The van der Waals surface area contributed by atoms with Crippen LogP contribution in [0.1, 0.15) is 22.3 Å². The molecule has 0 aliphatic heterocycles. The Morgan fingerprint density at radius 3 is 1.42 bits per heavy atom. The molecule has 0 amide bonds. The van der Waals surface area contributed by atoms with Crippen LogP contribution in [0.15, 0.2) is 228 Å². The van der Waals surface area contributed by atoms with Crippen molar-refractivity contribution in [2.45, 2.75) is 15.2 Å². The summed E-state index contributed by atoms with van der Waals surface area (Å²) in [7, 11) is -2.19. The molecule has 10 aromatic rings. The molecule has 1 spiro atoms. The molecule has 328 valence electrons. The first-order valence-corrected chi connectivity index (χ1v) is 28.8. The Labute approximate surface area is 398 Å². The topological polar surface area (TPSA) is 6.48 Å². The van der Waals surface area contributed by atoms with Gasteiger partial charge in [0.1, 0.15) is 0 Å². The van der Waals surface area contributed by atoms with E-state index in [4.69, 9.17) is 0 Å². The first-order chi connectivity index (χ1) is 32.5. The summed E-state index contributed by atoms with van der Waals surface area (Å²) in [6, 6.07) is 82.3. The number of nitrogens with zero attached hydrogens (tertiary/aromatic N) is 2. The molecule has 12 rings (SSSR count). The van der Waals surface area contributed by atoms with E-state index in [1.807, 2.05) is 0 Å². The zero-order valence-corrected chi connectivity index (χ0v) is 40.6. The maximum atomic E-state index is 2.58. The molecular formula is C63H54N2S2. The van der Waals surface area contributed by atoms with Gasteiger partial charge in [-0.25, -0.2) is 20.1 Å². The number of fused-ring (bicyclic) bond motifs is 14. The second-order valence-corrected chi connectivity index (χ2v) is 27.8. The Bertz CT molecular complexity index is 3520. The van der Waals surface area contributed by atoms with Gasteiger partial charge in [0, 0.05) is 32.2 Å². The molecule has 0 bridgehead atoms. The van der Waals surface area contributed by atoms with Crippen molar-refractivity contribution in [3.8, 4) is 22.3 Å².